The third kappa shape index (κ3) is 5.33. The first-order chi connectivity index (χ1) is 5.99. The van der Waals surface area contributed by atoms with Crippen LogP contribution in [-0.4, -0.2) is 0 Å². The Morgan fingerprint density at radius 2 is 1.38 bits per heavy atom. The van der Waals surface area contributed by atoms with E-state index in [0.717, 1.165) is 23.7 Å². The van der Waals surface area contributed by atoms with E-state index >= 15 is 0 Å². The summed E-state index contributed by atoms with van der Waals surface area (Å²) in [6.07, 6.45) is 4.15. The first kappa shape index (κ1) is 13.0. The van der Waals surface area contributed by atoms with E-state index in [1.807, 2.05) is 0 Å². The van der Waals surface area contributed by atoms with Gasteiger partial charge in [0.25, 0.3) is 0 Å². The highest BCUT2D eigenvalue weighted by molar-refractivity contribution is 4.69. The van der Waals surface area contributed by atoms with Gasteiger partial charge in [0.05, 0.1) is 0 Å². The first-order valence-corrected chi connectivity index (χ1v) is 5.99. The van der Waals surface area contributed by atoms with Crippen molar-refractivity contribution in [2.75, 3.05) is 0 Å². The second-order valence-electron chi connectivity index (χ2n) is 5.26. The van der Waals surface area contributed by atoms with Gasteiger partial charge in [-0.25, -0.2) is 0 Å². The Labute approximate surface area is 85.1 Å². The van der Waals surface area contributed by atoms with E-state index < -0.39 is 0 Å². The van der Waals surface area contributed by atoms with Crippen LogP contribution in [0, 0.1) is 23.7 Å². The maximum Gasteiger partial charge on any atom is -0.0365 e. The van der Waals surface area contributed by atoms with Crippen molar-refractivity contribution in [3.05, 3.63) is 0 Å². The van der Waals surface area contributed by atoms with E-state index in [1.165, 1.54) is 19.3 Å². The molecule has 80 valence electrons. The minimum atomic E-state index is 0.855. The molecule has 0 heterocycles. The zero-order valence-corrected chi connectivity index (χ0v) is 10.4. The zero-order chi connectivity index (χ0) is 10.4. The van der Waals surface area contributed by atoms with Crippen LogP contribution in [0.25, 0.3) is 0 Å². The van der Waals surface area contributed by atoms with Gasteiger partial charge in [-0.1, -0.05) is 54.4 Å². The van der Waals surface area contributed by atoms with Crippen molar-refractivity contribution < 1.29 is 0 Å². The summed E-state index contributed by atoms with van der Waals surface area (Å²) in [4.78, 5) is 0. The van der Waals surface area contributed by atoms with E-state index in [9.17, 15) is 0 Å². The molecule has 0 rings (SSSR count). The van der Waals surface area contributed by atoms with Gasteiger partial charge in [0, 0.05) is 0 Å². The van der Waals surface area contributed by atoms with Crippen LogP contribution >= 0.6 is 0 Å². The Bertz CT molecular complexity index is 113. The Kier molecular flexibility index (Phi) is 6.45. The van der Waals surface area contributed by atoms with Gasteiger partial charge in [-0.2, -0.15) is 0 Å². The average molecular weight is 184 g/mol. The fraction of sp³-hybridized carbons (Fsp3) is 1.00. The fourth-order valence-electron chi connectivity index (χ4n) is 2.10. The fourth-order valence-corrected chi connectivity index (χ4v) is 2.10. The van der Waals surface area contributed by atoms with Crippen LogP contribution in [0.2, 0.25) is 0 Å². The van der Waals surface area contributed by atoms with Crippen LogP contribution < -0.4 is 0 Å². The third-order valence-corrected chi connectivity index (χ3v) is 3.31. The molecule has 2 atom stereocenters. The summed E-state index contributed by atoms with van der Waals surface area (Å²) in [5.74, 6) is 3.56. The van der Waals surface area contributed by atoms with Gasteiger partial charge in [-0.15, -0.1) is 0 Å². The van der Waals surface area contributed by atoms with Crippen LogP contribution in [-0.2, 0) is 0 Å². The molecule has 0 saturated heterocycles. The van der Waals surface area contributed by atoms with Crippen LogP contribution in [0.3, 0.4) is 0 Å². The van der Waals surface area contributed by atoms with Gasteiger partial charge >= 0.3 is 0 Å². The zero-order valence-electron chi connectivity index (χ0n) is 10.4. The molecule has 0 aliphatic heterocycles. The molecule has 13 heavy (non-hydrogen) atoms. The molecular weight excluding hydrogens is 156 g/mol. The Hall–Kier alpha value is 0. The second-order valence-corrected chi connectivity index (χ2v) is 5.26. The molecule has 0 fully saturated rings. The largest absolute Gasteiger partial charge is 0.0651 e. The predicted molar refractivity (Wildman–Crippen MR) is 61.9 cm³/mol. The van der Waals surface area contributed by atoms with Gasteiger partial charge in [-0.3, -0.25) is 0 Å². The molecule has 0 aromatic carbocycles. The lowest BCUT2D eigenvalue weighted by molar-refractivity contribution is 0.233. The molecule has 0 nitrogen and oxygen atoms in total. The lowest BCUT2D eigenvalue weighted by Gasteiger charge is -2.27. The summed E-state index contributed by atoms with van der Waals surface area (Å²) in [5, 5.41) is 0. The number of hydrogen-bond acceptors (Lipinski definition) is 0. The minimum absolute atomic E-state index is 0.855. The van der Waals surface area contributed by atoms with Crippen molar-refractivity contribution in [1.82, 2.24) is 0 Å². The molecule has 0 aromatic heterocycles. The lowest BCUT2D eigenvalue weighted by atomic mass is 9.79. The molecule has 0 aliphatic carbocycles. The highest BCUT2D eigenvalue weighted by atomic mass is 14.2. The third-order valence-electron chi connectivity index (χ3n) is 3.31. The van der Waals surface area contributed by atoms with E-state index in [1.54, 1.807) is 0 Å². The SMILES string of the molecule is CCC(C)C(CCC(C)C)C(C)C. The van der Waals surface area contributed by atoms with Crippen molar-refractivity contribution in [2.24, 2.45) is 23.7 Å². The monoisotopic (exact) mass is 184 g/mol. The lowest BCUT2D eigenvalue weighted by Crippen LogP contribution is -2.18. The van der Waals surface area contributed by atoms with Gasteiger partial charge in [0.2, 0.25) is 0 Å². The van der Waals surface area contributed by atoms with Crippen molar-refractivity contribution in [3.63, 3.8) is 0 Å². The molecular formula is C13H28. The number of hydrogen-bond donors (Lipinski definition) is 0. The summed E-state index contributed by atoms with van der Waals surface area (Å²) < 4.78 is 0. The van der Waals surface area contributed by atoms with Gasteiger partial charge in [-0.05, 0) is 30.1 Å². The van der Waals surface area contributed by atoms with Gasteiger partial charge < -0.3 is 0 Å². The van der Waals surface area contributed by atoms with Crippen molar-refractivity contribution in [3.8, 4) is 0 Å². The summed E-state index contributed by atoms with van der Waals surface area (Å²) in [6.45, 7) is 14.1. The molecule has 0 heteroatoms. The summed E-state index contributed by atoms with van der Waals surface area (Å²) >= 11 is 0. The Morgan fingerprint density at radius 3 is 1.69 bits per heavy atom. The highest BCUT2D eigenvalue weighted by Gasteiger charge is 2.19. The van der Waals surface area contributed by atoms with E-state index in [0.29, 0.717) is 0 Å². The average Bonchev–Trinajstić information content (AvgIpc) is 2.03. The van der Waals surface area contributed by atoms with Crippen LogP contribution in [0.5, 0.6) is 0 Å². The van der Waals surface area contributed by atoms with E-state index in [2.05, 4.69) is 41.5 Å². The topological polar surface area (TPSA) is 0 Å². The Morgan fingerprint density at radius 1 is 0.846 bits per heavy atom. The predicted octanol–water partition coefficient (Wildman–Crippen LogP) is 4.74. The summed E-state index contributed by atoms with van der Waals surface area (Å²) in [6, 6.07) is 0. The highest BCUT2D eigenvalue weighted by Crippen LogP contribution is 2.29. The quantitative estimate of drug-likeness (QED) is 0.559. The van der Waals surface area contributed by atoms with Crippen molar-refractivity contribution in [2.45, 2.75) is 60.8 Å². The summed E-state index contributed by atoms with van der Waals surface area (Å²) in [7, 11) is 0. The van der Waals surface area contributed by atoms with Crippen LogP contribution in [0.4, 0.5) is 0 Å². The van der Waals surface area contributed by atoms with E-state index in [-0.39, 0.29) is 0 Å². The minimum Gasteiger partial charge on any atom is -0.0651 e. The smallest absolute Gasteiger partial charge is 0.0365 e. The van der Waals surface area contributed by atoms with E-state index in [4.69, 9.17) is 0 Å². The summed E-state index contributed by atoms with van der Waals surface area (Å²) in [5.41, 5.74) is 0. The molecule has 0 amide bonds. The molecule has 0 radical (unpaired) electrons. The molecule has 0 aliphatic rings. The van der Waals surface area contributed by atoms with Gasteiger partial charge in [0.15, 0.2) is 0 Å². The molecule has 0 N–H and O–H groups in total. The molecule has 0 saturated carbocycles. The van der Waals surface area contributed by atoms with Gasteiger partial charge in [0.1, 0.15) is 0 Å². The normalized spacial score (nSPS) is 16.6. The molecule has 0 spiro atoms. The Balaban J connectivity index is 3.95. The van der Waals surface area contributed by atoms with Crippen LogP contribution in [0.15, 0.2) is 0 Å². The molecule has 0 bridgehead atoms. The maximum absolute atomic E-state index is 2.41. The number of rotatable bonds is 6. The standard InChI is InChI=1S/C13H28/c1-7-12(6)13(11(4)5)9-8-10(2)3/h10-13H,7-9H2,1-6H3. The van der Waals surface area contributed by atoms with Crippen molar-refractivity contribution in [1.29, 1.82) is 0 Å². The molecule has 0 aromatic rings. The maximum atomic E-state index is 2.41. The molecule has 2 unspecified atom stereocenters. The van der Waals surface area contributed by atoms with Crippen LogP contribution in [0.1, 0.15) is 60.8 Å². The first-order valence-electron chi connectivity index (χ1n) is 5.99. The van der Waals surface area contributed by atoms with Crippen molar-refractivity contribution >= 4 is 0 Å². The second kappa shape index (κ2) is 6.45.